The number of allylic oxidation sites excluding steroid dienone is 1. The predicted octanol–water partition coefficient (Wildman–Crippen LogP) is 5.39. The van der Waals surface area contributed by atoms with Gasteiger partial charge in [0.15, 0.2) is 0 Å². The third kappa shape index (κ3) is 4.37. The fraction of sp³-hybridized carbons (Fsp3) is 0.640. The molecule has 5 rings (SSSR count). The lowest BCUT2D eigenvalue weighted by Crippen LogP contribution is -2.51. The molecule has 0 radical (unpaired) electrons. The zero-order valence-corrected chi connectivity index (χ0v) is 18.5. The first kappa shape index (κ1) is 20.5. The molecule has 29 heavy (non-hydrogen) atoms. The summed E-state index contributed by atoms with van der Waals surface area (Å²) in [7, 11) is 0. The van der Waals surface area contributed by atoms with Gasteiger partial charge in [-0.05, 0) is 66.5 Å². The summed E-state index contributed by atoms with van der Waals surface area (Å²) in [6, 6.07) is 8.34. The molecule has 0 spiro atoms. The van der Waals surface area contributed by atoms with E-state index in [1.54, 1.807) is 5.57 Å². The van der Waals surface area contributed by atoms with Crippen LogP contribution in [0.1, 0.15) is 64.9 Å². The molecule has 1 heterocycles. The number of carbonyl (C=O) groups is 1. The number of nitrogens with zero attached hydrogens (tertiary/aromatic N) is 1. The lowest BCUT2D eigenvalue weighted by atomic mass is 9.49. The van der Waals surface area contributed by atoms with Crippen LogP contribution in [0.25, 0.3) is 0 Å². The van der Waals surface area contributed by atoms with Crippen molar-refractivity contribution in [3.05, 3.63) is 41.5 Å². The van der Waals surface area contributed by atoms with Crippen molar-refractivity contribution in [2.45, 2.75) is 65.3 Å². The summed E-state index contributed by atoms with van der Waals surface area (Å²) in [5.74, 6) is 2.21. The molecule has 4 aliphatic rings. The van der Waals surface area contributed by atoms with E-state index in [1.807, 2.05) is 12.1 Å². The van der Waals surface area contributed by atoms with Crippen LogP contribution in [0.15, 0.2) is 35.9 Å². The van der Waals surface area contributed by atoms with E-state index in [9.17, 15) is 4.79 Å². The average molecular weight is 396 g/mol. The number of carbonyl (C=O) groups excluding carboxylic acids is 1. The Balaban J connectivity index is 1.21. The van der Waals surface area contributed by atoms with Crippen molar-refractivity contribution in [2.24, 2.45) is 17.3 Å². The number of likely N-dealkylation sites (tertiary alicyclic amines) is 1. The normalized spacial score (nSPS) is 26.6. The lowest BCUT2D eigenvalue weighted by molar-refractivity contribution is -0.0113. The van der Waals surface area contributed by atoms with Gasteiger partial charge in [-0.15, -0.1) is 0 Å². The Morgan fingerprint density at radius 3 is 2.45 bits per heavy atom. The monoisotopic (exact) mass is 395 g/mol. The van der Waals surface area contributed by atoms with Crippen molar-refractivity contribution >= 4 is 11.7 Å². The molecule has 2 fully saturated rings. The van der Waals surface area contributed by atoms with E-state index in [1.165, 1.54) is 18.4 Å². The van der Waals surface area contributed by atoms with Gasteiger partial charge < -0.3 is 10.6 Å². The van der Waals surface area contributed by atoms with Crippen molar-refractivity contribution in [1.82, 2.24) is 10.2 Å². The Labute approximate surface area is 176 Å². The van der Waals surface area contributed by atoms with Crippen molar-refractivity contribution < 1.29 is 4.79 Å². The Morgan fingerprint density at radius 2 is 1.86 bits per heavy atom. The highest BCUT2D eigenvalue weighted by atomic mass is 16.2. The molecule has 158 valence electrons. The SMILES string of the molecule is CC(C)c1ccc(NC(=O)NC2CCN(CC3=CC[C@H]4CC3C4(C)C)CC2)cc1. The minimum Gasteiger partial charge on any atom is -0.335 e. The summed E-state index contributed by atoms with van der Waals surface area (Å²) in [6.07, 6.45) is 7.25. The van der Waals surface area contributed by atoms with E-state index >= 15 is 0 Å². The fourth-order valence-electron chi connectivity index (χ4n) is 5.45. The van der Waals surface area contributed by atoms with E-state index in [-0.39, 0.29) is 12.1 Å². The first-order valence-corrected chi connectivity index (χ1v) is 11.4. The number of hydrogen-bond acceptors (Lipinski definition) is 2. The first-order chi connectivity index (χ1) is 13.8. The summed E-state index contributed by atoms with van der Waals surface area (Å²) in [6.45, 7) is 12.5. The summed E-state index contributed by atoms with van der Waals surface area (Å²) < 4.78 is 0. The summed E-state index contributed by atoms with van der Waals surface area (Å²) >= 11 is 0. The topological polar surface area (TPSA) is 44.4 Å². The number of piperidine rings is 1. The molecule has 2 N–H and O–H groups in total. The Bertz CT molecular complexity index is 757. The third-order valence-electron chi connectivity index (χ3n) is 7.75. The van der Waals surface area contributed by atoms with Crippen molar-refractivity contribution in [3.63, 3.8) is 0 Å². The number of fused-ring (bicyclic) bond motifs is 1. The largest absolute Gasteiger partial charge is 0.335 e. The summed E-state index contributed by atoms with van der Waals surface area (Å²) in [5.41, 5.74) is 4.33. The molecular formula is C25H37N3O. The second kappa shape index (κ2) is 8.14. The van der Waals surface area contributed by atoms with Crippen LogP contribution in [0.3, 0.4) is 0 Å². The summed E-state index contributed by atoms with van der Waals surface area (Å²) in [5, 5.41) is 6.15. The average Bonchev–Trinajstić information content (AvgIpc) is 2.70. The molecule has 2 amide bonds. The van der Waals surface area contributed by atoms with Crippen LogP contribution in [-0.2, 0) is 0 Å². The Hall–Kier alpha value is -1.81. The minimum absolute atomic E-state index is 0.0852. The Kier molecular flexibility index (Phi) is 5.74. The first-order valence-electron chi connectivity index (χ1n) is 11.4. The van der Waals surface area contributed by atoms with Gasteiger partial charge in [-0.25, -0.2) is 4.79 Å². The van der Waals surface area contributed by atoms with Gasteiger partial charge in [0.1, 0.15) is 0 Å². The molecule has 1 aromatic rings. The third-order valence-corrected chi connectivity index (χ3v) is 7.75. The van der Waals surface area contributed by atoms with E-state index < -0.39 is 0 Å². The molecular weight excluding hydrogens is 358 g/mol. The molecule has 0 aromatic heterocycles. The van der Waals surface area contributed by atoms with E-state index in [2.05, 4.69) is 61.4 Å². The zero-order chi connectivity index (χ0) is 20.6. The molecule has 1 saturated heterocycles. The van der Waals surface area contributed by atoms with Gasteiger partial charge in [-0.2, -0.15) is 0 Å². The van der Waals surface area contributed by atoms with Crippen LogP contribution in [-0.4, -0.2) is 36.6 Å². The number of benzene rings is 1. The maximum Gasteiger partial charge on any atom is 0.319 e. The zero-order valence-electron chi connectivity index (χ0n) is 18.5. The highest BCUT2D eigenvalue weighted by Crippen LogP contribution is 2.59. The molecule has 1 aliphatic heterocycles. The van der Waals surface area contributed by atoms with Gasteiger partial charge in [0.25, 0.3) is 0 Å². The molecule has 1 aromatic carbocycles. The second-order valence-corrected chi connectivity index (χ2v) is 10.2. The predicted molar refractivity (Wildman–Crippen MR) is 120 cm³/mol. The molecule has 1 saturated carbocycles. The molecule has 2 bridgehead atoms. The molecule has 1 unspecified atom stereocenters. The fourth-order valence-corrected chi connectivity index (χ4v) is 5.45. The minimum atomic E-state index is -0.0852. The highest BCUT2D eigenvalue weighted by Gasteiger charge is 2.51. The number of rotatable bonds is 5. The maximum absolute atomic E-state index is 12.4. The van der Waals surface area contributed by atoms with Crippen LogP contribution in [0.4, 0.5) is 10.5 Å². The van der Waals surface area contributed by atoms with Crippen LogP contribution >= 0.6 is 0 Å². The second-order valence-electron chi connectivity index (χ2n) is 10.2. The smallest absolute Gasteiger partial charge is 0.319 e. The molecule has 2 atom stereocenters. The molecule has 3 aliphatic carbocycles. The van der Waals surface area contributed by atoms with Gasteiger partial charge >= 0.3 is 6.03 Å². The number of hydrogen-bond donors (Lipinski definition) is 2. The van der Waals surface area contributed by atoms with E-state index in [4.69, 9.17) is 0 Å². The van der Waals surface area contributed by atoms with Crippen LogP contribution < -0.4 is 10.6 Å². The van der Waals surface area contributed by atoms with Gasteiger partial charge in [0.2, 0.25) is 0 Å². The van der Waals surface area contributed by atoms with E-state index in [0.29, 0.717) is 11.3 Å². The number of nitrogens with one attached hydrogen (secondary N) is 2. The van der Waals surface area contributed by atoms with Gasteiger partial charge in [-0.3, -0.25) is 4.90 Å². The molecule has 4 nitrogen and oxygen atoms in total. The van der Waals surface area contributed by atoms with Crippen molar-refractivity contribution in [2.75, 3.05) is 25.0 Å². The molecule has 4 heteroatoms. The van der Waals surface area contributed by atoms with E-state index in [0.717, 1.165) is 50.0 Å². The lowest BCUT2D eigenvalue weighted by Gasteiger charge is -2.57. The van der Waals surface area contributed by atoms with Gasteiger partial charge in [-0.1, -0.05) is 51.5 Å². The van der Waals surface area contributed by atoms with Crippen LogP contribution in [0.2, 0.25) is 0 Å². The van der Waals surface area contributed by atoms with Crippen LogP contribution in [0.5, 0.6) is 0 Å². The van der Waals surface area contributed by atoms with Crippen molar-refractivity contribution in [1.29, 1.82) is 0 Å². The quantitative estimate of drug-likeness (QED) is 0.657. The number of amides is 2. The standard InChI is InChI=1S/C25H37N3O/c1-17(2)18-6-9-21(10-7-18)26-24(29)27-22-11-13-28(14-12-22)16-19-5-8-20-15-23(19)25(20,3)4/h5-7,9-10,17,20,22-23H,8,11-16H2,1-4H3,(H2,26,27,29)/t20-,23?/m0/s1. The Morgan fingerprint density at radius 1 is 1.17 bits per heavy atom. The number of anilines is 1. The van der Waals surface area contributed by atoms with Crippen LogP contribution in [0, 0.1) is 17.3 Å². The van der Waals surface area contributed by atoms with Gasteiger partial charge in [0, 0.05) is 31.4 Å². The maximum atomic E-state index is 12.4. The van der Waals surface area contributed by atoms with Crippen molar-refractivity contribution in [3.8, 4) is 0 Å². The summed E-state index contributed by atoms with van der Waals surface area (Å²) in [4.78, 5) is 15.0. The van der Waals surface area contributed by atoms with Gasteiger partial charge in [0.05, 0.1) is 0 Å². The highest BCUT2D eigenvalue weighted by molar-refractivity contribution is 5.89. The number of urea groups is 1.